The number of amidine groups is 1. The zero-order valence-corrected chi connectivity index (χ0v) is 9.10. The highest BCUT2D eigenvalue weighted by molar-refractivity contribution is 6.00. The molecule has 82 valence electrons. The van der Waals surface area contributed by atoms with Gasteiger partial charge in [0.15, 0.2) is 0 Å². The van der Waals surface area contributed by atoms with Crippen molar-refractivity contribution < 1.29 is 4.74 Å². The van der Waals surface area contributed by atoms with Gasteiger partial charge in [0.05, 0.1) is 17.7 Å². The largest absolute Gasteiger partial charge is 0.463 e. The number of rotatable bonds is 1. The number of hydrogen-bond donors (Lipinski definition) is 1. The van der Waals surface area contributed by atoms with Crippen molar-refractivity contribution in [3.8, 4) is 0 Å². The molecule has 1 aromatic carbocycles. The topological polar surface area (TPSA) is 38.5 Å². The predicted octanol–water partition coefficient (Wildman–Crippen LogP) is 1.98. The van der Waals surface area contributed by atoms with Crippen LogP contribution in [0.2, 0.25) is 0 Å². The number of ether oxygens (including phenoxy) is 1. The summed E-state index contributed by atoms with van der Waals surface area (Å²) in [5.74, 6) is 0. The van der Waals surface area contributed by atoms with E-state index in [9.17, 15) is 0 Å². The van der Waals surface area contributed by atoms with E-state index in [1.165, 1.54) is 10.9 Å². The minimum Gasteiger partial charge on any atom is -0.463 e. The summed E-state index contributed by atoms with van der Waals surface area (Å²) in [6, 6.07) is 8.87. The van der Waals surface area contributed by atoms with Gasteiger partial charge in [0, 0.05) is 18.6 Å². The lowest BCUT2D eigenvalue weighted by Crippen LogP contribution is -2.12. The molecule has 0 spiro atoms. The molecule has 0 fully saturated rings. The van der Waals surface area contributed by atoms with E-state index < -0.39 is 0 Å². The maximum absolute atomic E-state index is 5.35. The molecule has 0 unspecified atom stereocenters. The second-order valence-electron chi connectivity index (χ2n) is 3.83. The van der Waals surface area contributed by atoms with E-state index in [1.54, 1.807) is 0 Å². The average molecular weight is 215 g/mol. The summed E-state index contributed by atoms with van der Waals surface area (Å²) in [5, 5.41) is 4.43. The first-order chi connectivity index (χ1) is 7.84. The molecule has 1 aliphatic heterocycles. The average Bonchev–Trinajstić information content (AvgIpc) is 2.90. The molecule has 1 N–H and O–H groups in total. The maximum Gasteiger partial charge on any atom is 0.289 e. The van der Waals surface area contributed by atoms with E-state index in [0.717, 1.165) is 12.2 Å². The highest BCUT2D eigenvalue weighted by Gasteiger charge is 2.10. The van der Waals surface area contributed by atoms with Crippen LogP contribution in [0.5, 0.6) is 0 Å². The highest BCUT2D eigenvalue weighted by Crippen LogP contribution is 2.24. The molecule has 0 aliphatic carbocycles. The fraction of sp³-hybridized carbons (Fsp3) is 0.250. The number of benzene rings is 1. The number of anilines is 1. The first kappa shape index (κ1) is 9.27. The van der Waals surface area contributed by atoms with Crippen LogP contribution in [0.3, 0.4) is 0 Å². The summed E-state index contributed by atoms with van der Waals surface area (Å²) < 4.78 is 7.44. The van der Waals surface area contributed by atoms with Crippen molar-refractivity contribution in [2.24, 2.45) is 12.0 Å². The van der Waals surface area contributed by atoms with E-state index in [4.69, 9.17) is 4.74 Å². The smallest absolute Gasteiger partial charge is 0.289 e. The van der Waals surface area contributed by atoms with Crippen LogP contribution in [0.25, 0.3) is 10.9 Å². The van der Waals surface area contributed by atoms with Crippen LogP contribution in [0.15, 0.2) is 35.5 Å². The van der Waals surface area contributed by atoms with Crippen molar-refractivity contribution in [3.05, 3.63) is 30.5 Å². The number of aromatic nitrogens is 1. The molecule has 4 heteroatoms. The molecule has 1 aromatic heterocycles. The number of nitrogens with zero attached hydrogens (tertiary/aromatic N) is 2. The van der Waals surface area contributed by atoms with Crippen LogP contribution >= 0.6 is 0 Å². The zero-order chi connectivity index (χ0) is 11.0. The molecule has 0 saturated heterocycles. The number of nitrogens with one attached hydrogen (secondary N) is 1. The number of fused-ring (bicyclic) bond motifs is 1. The minimum absolute atomic E-state index is 0.619. The Morgan fingerprint density at radius 3 is 3.12 bits per heavy atom. The molecule has 0 radical (unpaired) electrons. The molecular weight excluding hydrogens is 202 g/mol. The molecule has 0 amide bonds. The summed E-state index contributed by atoms with van der Waals surface area (Å²) in [4.78, 5) is 4.23. The van der Waals surface area contributed by atoms with E-state index >= 15 is 0 Å². The zero-order valence-electron chi connectivity index (χ0n) is 9.10. The second-order valence-corrected chi connectivity index (χ2v) is 3.83. The number of aliphatic imine (C=N–C) groups is 1. The molecule has 0 saturated carbocycles. The normalized spacial score (nSPS) is 14.9. The fourth-order valence-electron chi connectivity index (χ4n) is 1.98. The fourth-order valence-corrected chi connectivity index (χ4v) is 1.98. The van der Waals surface area contributed by atoms with Crippen molar-refractivity contribution in [1.82, 2.24) is 4.57 Å². The van der Waals surface area contributed by atoms with Gasteiger partial charge in [-0.15, -0.1) is 0 Å². The van der Waals surface area contributed by atoms with Crippen LogP contribution in [-0.4, -0.2) is 23.7 Å². The Hall–Kier alpha value is -1.97. The Bertz CT molecular complexity index is 556. The number of hydrogen-bond acceptors (Lipinski definition) is 3. The summed E-state index contributed by atoms with van der Waals surface area (Å²) >= 11 is 0. The Kier molecular flexibility index (Phi) is 2.06. The van der Waals surface area contributed by atoms with Gasteiger partial charge in [0.1, 0.15) is 6.61 Å². The molecule has 0 bridgehead atoms. The third kappa shape index (κ3) is 1.43. The Labute approximate surface area is 93.5 Å². The van der Waals surface area contributed by atoms with E-state index in [2.05, 4.69) is 27.0 Å². The number of para-hydroxylation sites is 1. The van der Waals surface area contributed by atoms with Crippen LogP contribution in [0.4, 0.5) is 5.69 Å². The Balaban J connectivity index is 2.05. The highest BCUT2D eigenvalue weighted by atomic mass is 16.5. The quantitative estimate of drug-likeness (QED) is 0.790. The van der Waals surface area contributed by atoms with Crippen molar-refractivity contribution >= 4 is 22.6 Å². The molecular formula is C12H13N3O. The summed E-state index contributed by atoms with van der Waals surface area (Å²) in [6.07, 6.45) is 2.05. The van der Waals surface area contributed by atoms with Gasteiger partial charge in [-0.25, -0.2) is 4.99 Å². The van der Waals surface area contributed by atoms with Gasteiger partial charge in [0.25, 0.3) is 6.02 Å². The van der Waals surface area contributed by atoms with Crippen LogP contribution in [0.1, 0.15) is 0 Å². The Morgan fingerprint density at radius 1 is 1.38 bits per heavy atom. The van der Waals surface area contributed by atoms with Crippen LogP contribution < -0.4 is 5.32 Å². The van der Waals surface area contributed by atoms with Gasteiger partial charge in [-0.3, -0.25) is 0 Å². The Morgan fingerprint density at radius 2 is 2.31 bits per heavy atom. The molecule has 3 rings (SSSR count). The van der Waals surface area contributed by atoms with Gasteiger partial charge in [-0.05, 0) is 12.1 Å². The summed E-state index contributed by atoms with van der Waals surface area (Å²) in [7, 11) is 2.03. The van der Waals surface area contributed by atoms with Crippen molar-refractivity contribution in [3.63, 3.8) is 0 Å². The van der Waals surface area contributed by atoms with E-state index in [0.29, 0.717) is 12.6 Å². The molecule has 2 heterocycles. The van der Waals surface area contributed by atoms with Gasteiger partial charge in [-0.2, -0.15) is 0 Å². The standard InChI is InChI=1S/C12H13N3O/c1-15-7-5-9-3-2-4-10(11(9)15)14-12-13-6-8-16-12/h2-5,7H,6,8H2,1H3,(H,13,14). The summed E-state index contributed by atoms with van der Waals surface area (Å²) in [6.45, 7) is 1.41. The van der Waals surface area contributed by atoms with E-state index in [1.807, 2.05) is 25.4 Å². The van der Waals surface area contributed by atoms with Crippen molar-refractivity contribution in [1.29, 1.82) is 0 Å². The lowest BCUT2D eigenvalue weighted by atomic mass is 10.2. The SMILES string of the molecule is Cn1ccc2cccc(NC3=NCCO3)c21. The third-order valence-corrected chi connectivity index (χ3v) is 2.72. The third-order valence-electron chi connectivity index (χ3n) is 2.72. The monoisotopic (exact) mass is 215 g/mol. The second kappa shape index (κ2) is 3.56. The lowest BCUT2D eigenvalue weighted by Gasteiger charge is -2.08. The molecule has 1 aliphatic rings. The minimum atomic E-state index is 0.619. The van der Waals surface area contributed by atoms with Crippen LogP contribution in [-0.2, 0) is 11.8 Å². The first-order valence-corrected chi connectivity index (χ1v) is 5.33. The van der Waals surface area contributed by atoms with Gasteiger partial charge in [-0.1, -0.05) is 12.1 Å². The van der Waals surface area contributed by atoms with Gasteiger partial charge < -0.3 is 14.6 Å². The molecule has 0 atom stereocenters. The van der Waals surface area contributed by atoms with Crippen molar-refractivity contribution in [2.75, 3.05) is 18.5 Å². The van der Waals surface area contributed by atoms with Crippen LogP contribution in [0, 0.1) is 0 Å². The van der Waals surface area contributed by atoms with Gasteiger partial charge >= 0.3 is 0 Å². The van der Waals surface area contributed by atoms with Gasteiger partial charge in [0.2, 0.25) is 0 Å². The number of aryl methyl sites for hydroxylation is 1. The lowest BCUT2D eigenvalue weighted by molar-refractivity contribution is 0.346. The molecule has 2 aromatic rings. The predicted molar refractivity (Wildman–Crippen MR) is 64.8 cm³/mol. The van der Waals surface area contributed by atoms with E-state index in [-0.39, 0.29) is 0 Å². The van der Waals surface area contributed by atoms with Crippen molar-refractivity contribution in [2.45, 2.75) is 0 Å². The molecule has 16 heavy (non-hydrogen) atoms. The first-order valence-electron chi connectivity index (χ1n) is 5.33. The summed E-state index contributed by atoms with van der Waals surface area (Å²) in [5.41, 5.74) is 2.20. The molecule has 4 nitrogen and oxygen atoms in total. The maximum atomic E-state index is 5.35.